The van der Waals surface area contributed by atoms with E-state index in [-0.39, 0.29) is 17.6 Å². The Morgan fingerprint density at radius 3 is 2.10 bits per heavy atom. The van der Waals surface area contributed by atoms with Crippen LogP contribution in [-0.4, -0.2) is 23.8 Å². The number of nitrogens with one attached hydrogen (secondary N) is 1. The maximum Gasteiger partial charge on any atom is 0.255 e. The first kappa shape index (κ1) is 19.8. The summed E-state index contributed by atoms with van der Waals surface area (Å²) in [6.07, 6.45) is 0. The van der Waals surface area contributed by atoms with Crippen molar-refractivity contribution in [3.8, 4) is 6.07 Å². The number of carbonyl (C=O) groups is 2. The van der Waals surface area contributed by atoms with Crippen LogP contribution < -0.4 is 5.32 Å². The Balaban J connectivity index is 1.63. The average Bonchev–Trinajstić information content (AvgIpc) is 2.75. The molecule has 3 aromatic rings. The van der Waals surface area contributed by atoms with Crippen LogP contribution in [0.1, 0.15) is 31.8 Å². The van der Waals surface area contributed by atoms with Gasteiger partial charge in [0.15, 0.2) is 0 Å². The van der Waals surface area contributed by atoms with Crippen molar-refractivity contribution >= 4 is 17.5 Å². The molecule has 29 heavy (non-hydrogen) atoms. The molecule has 0 aromatic heterocycles. The van der Waals surface area contributed by atoms with Crippen molar-refractivity contribution in [3.05, 3.63) is 101 Å². The van der Waals surface area contributed by atoms with Crippen LogP contribution in [0.3, 0.4) is 0 Å². The van der Waals surface area contributed by atoms with Gasteiger partial charge in [-0.15, -0.1) is 0 Å². The van der Waals surface area contributed by atoms with Crippen molar-refractivity contribution in [1.82, 2.24) is 4.90 Å². The van der Waals surface area contributed by atoms with E-state index in [4.69, 9.17) is 5.26 Å². The molecule has 0 bridgehead atoms. The molecule has 3 rings (SSSR count). The summed E-state index contributed by atoms with van der Waals surface area (Å²) in [7, 11) is 1.69. The zero-order valence-electron chi connectivity index (χ0n) is 15.7. The summed E-state index contributed by atoms with van der Waals surface area (Å²) in [4.78, 5) is 26.5. The zero-order chi connectivity index (χ0) is 20.8. The van der Waals surface area contributed by atoms with Gasteiger partial charge in [0.05, 0.1) is 11.6 Å². The molecule has 0 fully saturated rings. The highest BCUT2D eigenvalue weighted by atomic mass is 19.1. The third-order valence-electron chi connectivity index (χ3n) is 4.35. The molecule has 0 aliphatic carbocycles. The first-order valence-electron chi connectivity index (χ1n) is 8.88. The second-order valence-electron chi connectivity index (χ2n) is 6.51. The molecule has 0 heterocycles. The molecule has 6 heteroatoms. The van der Waals surface area contributed by atoms with E-state index in [0.717, 1.165) is 5.56 Å². The number of anilines is 1. The summed E-state index contributed by atoms with van der Waals surface area (Å²) < 4.78 is 12.9. The van der Waals surface area contributed by atoms with Crippen LogP contribution in [0.5, 0.6) is 0 Å². The van der Waals surface area contributed by atoms with E-state index < -0.39 is 0 Å². The van der Waals surface area contributed by atoms with Crippen LogP contribution in [0, 0.1) is 17.1 Å². The quantitative estimate of drug-likeness (QED) is 0.712. The Labute approximate surface area is 168 Å². The Hall–Kier alpha value is -3.98. The van der Waals surface area contributed by atoms with Gasteiger partial charge >= 0.3 is 0 Å². The number of rotatable bonds is 5. The predicted molar refractivity (Wildman–Crippen MR) is 108 cm³/mol. The van der Waals surface area contributed by atoms with Crippen LogP contribution in [0.15, 0.2) is 72.8 Å². The Morgan fingerprint density at radius 1 is 0.931 bits per heavy atom. The zero-order valence-corrected chi connectivity index (χ0v) is 15.7. The topological polar surface area (TPSA) is 73.2 Å². The highest BCUT2D eigenvalue weighted by Gasteiger charge is 2.13. The van der Waals surface area contributed by atoms with Crippen molar-refractivity contribution in [3.63, 3.8) is 0 Å². The first-order valence-corrected chi connectivity index (χ1v) is 8.88. The van der Waals surface area contributed by atoms with Crippen molar-refractivity contribution in [2.45, 2.75) is 6.54 Å². The third-order valence-corrected chi connectivity index (χ3v) is 4.35. The van der Waals surface area contributed by atoms with Crippen molar-refractivity contribution in [2.75, 3.05) is 12.4 Å². The van der Waals surface area contributed by atoms with Gasteiger partial charge in [-0.2, -0.15) is 5.26 Å². The largest absolute Gasteiger partial charge is 0.337 e. The van der Waals surface area contributed by atoms with E-state index in [2.05, 4.69) is 11.4 Å². The number of carbonyl (C=O) groups excluding carboxylic acids is 2. The van der Waals surface area contributed by atoms with E-state index in [0.29, 0.717) is 28.9 Å². The molecule has 0 radical (unpaired) electrons. The molecule has 0 atom stereocenters. The fourth-order valence-electron chi connectivity index (χ4n) is 2.75. The van der Waals surface area contributed by atoms with Gasteiger partial charge in [0.2, 0.25) is 0 Å². The van der Waals surface area contributed by atoms with Gasteiger partial charge in [0, 0.05) is 30.4 Å². The summed E-state index contributed by atoms with van der Waals surface area (Å²) in [5, 5.41) is 11.5. The Bertz CT molecular complexity index is 1050. The molecule has 0 saturated heterocycles. The molecule has 3 aromatic carbocycles. The maximum atomic E-state index is 12.9. The molecule has 1 N–H and O–H groups in total. The molecule has 5 nitrogen and oxygen atoms in total. The fraction of sp³-hybridized carbons (Fsp3) is 0.0870. The fourth-order valence-corrected chi connectivity index (χ4v) is 2.75. The van der Waals surface area contributed by atoms with Crippen LogP contribution in [0.25, 0.3) is 0 Å². The van der Waals surface area contributed by atoms with Crippen molar-refractivity contribution < 1.29 is 14.0 Å². The van der Waals surface area contributed by atoms with Gasteiger partial charge in [-0.05, 0) is 66.2 Å². The van der Waals surface area contributed by atoms with Crippen LogP contribution in [0.4, 0.5) is 10.1 Å². The van der Waals surface area contributed by atoms with Gasteiger partial charge in [-0.3, -0.25) is 9.59 Å². The minimum atomic E-state index is -0.379. The standard InChI is InChI=1S/C23H18FN3O2/c1-27(15-17-4-2-16(14-25)3-5-17)23(29)19-8-6-18(7-9-19)22(28)26-21-12-10-20(24)11-13-21/h2-13H,15H2,1H3,(H,26,28). The van der Waals surface area contributed by atoms with E-state index in [9.17, 15) is 14.0 Å². The average molecular weight is 387 g/mol. The Morgan fingerprint density at radius 2 is 1.52 bits per heavy atom. The molecule has 2 amide bonds. The maximum absolute atomic E-state index is 12.9. The molecular formula is C23H18FN3O2. The SMILES string of the molecule is CN(Cc1ccc(C#N)cc1)C(=O)c1ccc(C(=O)Nc2ccc(F)cc2)cc1. The number of hydrogen-bond donors (Lipinski definition) is 1. The van der Waals surface area contributed by atoms with E-state index in [1.807, 2.05) is 12.1 Å². The number of amides is 2. The Kier molecular flexibility index (Phi) is 6.00. The second-order valence-corrected chi connectivity index (χ2v) is 6.51. The first-order chi connectivity index (χ1) is 14.0. The minimum Gasteiger partial charge on any atom is -0.337 e. The molecular weight excluding hydrogens is 369 g/mol. The van der Waals surface area contributed by atoms with Gasteiger partial charge < -0.3 is 10.2 Å². The lowest BCUT2D eigenvalue weighted by Gasteiger charge is -2.17. The van der Waals surface area contributed by atoms with Crippen LogP contribution >= 0.6 is 0 Å². The summed E-state index contributed by atoms with van der Waals surface area (Å²) >= 11 is 0. The predicted octanol–water partition coefficient (Wildman–Crippen LogP) is 4.22. The van der Waals surface area contributed by atoms with E-state index in [1.54, 1.807) is 48.3 Å². The normalized spacial score (nSPS) is 10.1. The van der Waals surface area contributed by atoms with E-state index in [1.165, 1.54) is 24.3 Å². The van der Waals surface area contributed by atoms with Crippen LogP contribution in [0.2, 0.25) is 0 Å². The molecule has 0 saturated carbocycles. The number of nitriles is 1. The highest BCUT2D eigenvalue weighted by Crippen LogP contribution is 2.13. The summed E-state index contributed by atoms with van der Waals surface area (Å²) in [5.41, 5.74) is 2.81. The monoisotopic (exact) mass is 387 g/mol. The van der Waals surface area contributed by atoms with E-state index >= 15 is 0 Å². The van der Waals surface area contributed by atoms with Gasteiger partial charge in [0.25, 0.3) is 11.8 Å². The van der Waals surface area contributed by atoms with Crippen molar-refractivity contribution in [1.29, 1.82) is 5.26 Å². The summed E-state index contributed by atoms with van der Waals surface area (Å²) in [6.45, 7) is 0.400. The number of halogens is 1. The lowest BCUT2D eigenvalue weighted by Crippen LogP contribution is -2.26. The second kappa shape index (κ2) is 8.81. The van der Waals surface area contributed by atoms with Crippen molar-refractivity contribution in [2.24, 2.45) is 0 Å². The van der Waals surface area contributed by atoms with Crippen LogP contribution in [-0.2, 0) is 6.54 Å². The molecule has 0 unspecified atom stereocenters. The number of benzene rings is 3. The third kappa shape index (κ3) is 5.05. The number of nitrogens with zero attached hydrogens (tertiary/aromatic N) is 2. The molecule has 144 valence electrons. The molecule has 0 aliphatic rings. The summed E-state index contributed by atoms with van der Waals surface area (Å²) in [5.74, 6) is -0.905. The minimum absolute atomic E-state index is 0.181. The molecule has 0 aliphatic heterocycles. The summed E-state index contributed by atoms with van der Waals surface area (Å²) in [6, 6.07) is 20.9. The smallest absolute Gasteiger partial charge is 0.255 e. The lowest BCUT2D eigenvalue weighted by atomic mass is 10.1. The van der Waals surface area contributed by atoms with Gasteiger partial charge in [-0.25, -0.2) is 4.39 Å². The lowest BCUT2D eigenvalue weighted by molar-refractivity contribution is 0.0784. The van der Waals surface area contributed by atoms with Gasteiger partial charge in [0.1, 0.15) is 5.82 Å². The highest BCUT2D eigenvalue weighted by molar-refractivity contribution is 6.05. The molecule has 0 spiro atoms. The number of hydrogen-bond acceptors (Lipinski definition) is 3. The van der Waals surface area contributed by atoms with Gasteiger partial charge in [-0.1, -0.05) is 12.1 Å².